The Balaban J connectivity index is 1.86. The van der Waals surface area contributed by atoms with Crippen LogP contribution >= 0.6 is 0 Å². The van der Waals surface area contributed by atoms with Crippen molar-refractivity contribution in [1.29, 1.82) is 5.26 Å². The third kappa shape index (κ3) is 4.13. The summed E-state index contributed by atoms with van der Waals surface area (Å²) in [6, 6.07) is 7.65. The number of aliphatic hydroxyl groups is 1. The number of anilines is 1. The first-order valence-electron chi connectivity index (χ1n) is 8.35. The molecule has 0 aliphatic rings. The van der Waals surface area contributed by atoms with Crippen molar-refractivity contribution < 1.29 is 27.5 Å². The normalized spacial score (nSPS) is 13.5. The highest BCUT2D eigenvalue weighted by Gasteiger charge is 2.36. The van der Waals surface area contributed by atoms with Gasteiger partial charge in [0.2, 0.25) is 0 Å². The van der Waals surface area contributed by atoms with E-state index in [9.17, 15) is 27.5 Å². The third-order valence-electron chi connectivity index (χ3n) is 4.20. The summed E-state index contributed by atoms with van der Waals surface area (Å²) in [5.41, 5.74) is -3.92. The summed E-state index contributed by atoms with van der Waals surface area (Å²) in [7, 11) is 0. The van der Waals surface area contributed by atoms with Crippen molar-refractivity contribution in [2.45, 2.75) is 18.3 Å². The fourth-order valence-electron chi connectivity index (χ4n) is 2.64. The van der Waals surface area contributed by atoms with Gasteiger partial charge in [0.25, 0.3) is 5.91 Å². The topological polar surface area (TPSA) is 104 Å². The number of halogens is 4. The summed E-state index contributed by atoms with van der Waals surface area (Å²) in [5, 5.41) is 29.6. The highest BCUT2D eigenvalue weighted by Crippen LogP contribution is 2.33. The molecule has 154 valence electrons. The molecule has 0 unspecified atom stereocenters. The largest absolute Gasteiger partial charge is 0.417 e. The van der Waals surface area contributed by atoms with Crippen molar-refractivity contribution in [2.75, 3.05) is 5.32 Å². The molecule has 1 aromatic heterocycles. The third-order valence-corrected chi connectivity index (χ3v) is 4.20. The number of rotatable bonds is 5. The molecule has 3 aromatic rings. The Morgan fingerprint density at radius 3 is 2.57 bits per heavy atom. The first-order valence-corrected chi connectivity index (χ1v) is 8.35. The minimum atomic E-state index is -4.81. The standard InChI is InChI=1S/C19H13F4N5O2/c1-2-18(30,10-28-26-15-6-4-12(20)7-16(15)27-28)17(29)25-13-5-3-11(9-24)14(8-13)19(21,22)23/h2-8,30H,1,10H2,(H,25,29)/t18-/m0/s1. The molecule has 0 spiro atoms. The lowest BCUT2D eigenvalue weighted by Crippen LogP contribution is -2.45. The molecule has 2 N–H and O–H groups in total. The molecule has 1 atom stereocenters. The summed E-state index contributed by atoms with van der Waals surface area (Å²) in [6.45, 7) is 2.85. The van der Waals surface area contributed by atoms with E-state index in [-0.39, 0.29) is 11.2 Å². The van der Waals surface area contributed by atoms with Gasteiger partial charge in [-0.2, -0.15) is 33.4 Å². The molecular weight excluding hydrogens is 406 g/mol. The Hall–Kier alpha value is -3.78. The van der Waals surface area contributed by atoms with Gasteiger partial charge >= 0.3 is 6.18 Å². The van der Waals surface area contributed by atoms with E-state index in [4.69, 9.17) is 5.26 Å². The zero-order chi connectivity index (χ0) is 22.1. The summed E-state index contributed by atoms with van der Waals surface area (Å²) in [6.07, 6.45) is -3.93. The van der Waals surface area contributed by atoms with Crippen LogP contribution in [0.25, 0.3) is 11.0 Å². The quantitative estimate of drug-likeness (QED) is 0.489. The van der Waals surface area contributed by atoms with Crippen LogP contribution in [0.5, 0.6) is 0 Å². The van der Waals surface area contributed by atoms with Crippen LogP contribution in [0.15, 0.2) is 49.1 Å². The maximum atomic E-state index is 13.3. The summed E-state index contributed by atoms with van der Waals surface area (Å²) in [5.74, 6) is -1.64. The van der Waals surface area contributed by atoms with Gasteiger partial charge < -0.3 is 10.4 Å². The van der Waals surface area contributed by atoms with Crippen molar-refractivity contribution >= 4 is 22.6 Å². The van der Waals surface area contributed by atoms with Crippen molar-refractivity contribution in [3.05, 3.63) is 66.0 Å². The van der Waals surface area contributed by atoms with Gasteiger partial charge in [-0.25, -0.2) is 4.39 Å². The first-order chi connectivity index (χ1) is 14.1. The number of nitrogens with one attached hydrogen (secondary N) is 1. The predicted octanol–water partition coefficient (Wildman–Crippen LogP) is 3.02. The molecule has 11 heteroatoms. The molecule has 0 saturated heterocycles. The second-order valence-electron chi connectivity index (χ2n) is 6.32. The Bertz CT molecular complexity index is 1180. The zero-order valence-corrected chi connectivity index (χ0v) is 15.1. The van der Waals surface area contributed by atoms with E-state index < -0.39 is 41.2 Å². The van der Waals surface area contributed by atoms with E-state index in [2.05, 4.69) is 22.1 Å². The molecule has 1 amide bonds. The van der Waals surface area contributed by atoms with Crippen LogP contribution in [0.4, 0.5) is 23.2 Å². The Morgan fingerprint density at radius 1 is 1.23 bits per heavy atom. The van der Waals surface area contributed by atoms with E-state index in [0.717, 1.165) is 35.1 Å². The zero-order valence-electron chi connectivity index (χ0n) is 15.1. The van der Waals surface area contributed by atoms with Crippen molar-refractivity contribution in [3.8, 4) is 6.07 Å². The number of nitrogens with zero attached hydrogens (tertiary/aromatic N) is 4. The van der Waals surface area contributed by atoms with Crippen LogP contribution in [0.2, 0.25) is 0 Å². The smallest absolute Gasteiger partial charge is 0.374 e. The average molecular weight is 419 g/mol. The van der Waals surface area contributed by atoms with Crippen LogP contribution < -0.4 is 5.32 Å². The number of fused-ring (bicyclic) bond motifs is 1. The number of hydrogen-bond acceptors (Lipinski definition) is 5. The summed E-state index contributed by atoms with van der Waals surface area (Å²) in [4.78, 5) is 13.5. The Kier molecular flexibility index (Phi) is 5.28. The number of carbonyl (C=O) groups is 1. The number of hydrogen-bond donors (Lipinski definition) is 2. The molecule has 2 aromatic carbocycles. The fraction of sp³-hybridized carbons (Fsp3) is 0.158. The number of amides is 1. The Morgan fingerprint density at radius 2 is 1.93 bits per heavy atom. The second kappa shape index (κ2) is 7.57. The highest BCUT2D eigenvalue weighted by atomic mass is 19.4. The van der Waals surface area contributed by atoms with E-state index in [1.54, 1.807) is 0 Å². The fourth-order valence-corrected chi connectivity index (χ4v) is 2.64. The van der Waals surface area contributed by atoms with Crippen LogP contribution in [0.1, 0.15) is 11.1 Å². The van der Waals surface area contributed by atoms with Gasteiger partial charge in [-0.05, 0) is 36.4 Å². The van der Waals surface area contributed by atoms with Crippen molar-refractivity contribution in [1.82, 2.24) is 15.0 Å². The first kappa shape index (κ1) is 20.9. The minimum absolute atomic E-state index is 0.184. The number of aromatic nitrogens is 3. The van der Waals surface area contributed by atoms with Gasteiger partial charge in [-0.3, -0.25) is 4.79 Å². The molecule has 0 aliphatic heterocycles. The maximum Gasteiger partial charge on any atom is 0.417 e. The van der Waals surface area contributed by atoms with Gasteiger partial charge in [0.05, 0.1) is 17.2 Å². The van der Waals surface area contributed by atoms with E-state index in [1.807, 2.05) is 0 Å². The molecule has 0 aliphatic carbocycles. The highest BCUT2D eigenvalue weighted by molar-refractivity contribution is 5.98. The van der Waals surface area contributed by atoms with Gasteiger partial charge in [-0.1, -0.05) is 6.58 Å². The molecule has 0 saturated carbocycles. The second-order valence-corrected chi connectivity index (χ2v) is 6.32. The van der Waals surface area contributed by atoms with Crippen LogP contribution in [-0.4, -0.2) is 31.6 Å². The van der Waals surface area contributed by atoms with E-state index in [0.29, 0.717) is 11.6 Å². The molecule has 7 nitrogen and oxygen atoms in total. The molecule has 3 rings (SSSR count). The molecule has 0 fully saturated rings. The summed E-state index contributed by atoms with van der Waals surface area (Å²) >= 11 is 0. The van der Waals surface area contributed by atoms with Gasteiger partial charge in [-0.15, -0.1) is 0 Å². The maximum absolute atomic E-state index is 13.3. The minimum Gasteiger partial charge on any atom is -0.374 e. The molecular formula is C19H13F4N5O2. The molecule has 0 bridgehead atoms. The number of alkyl halides is 3. The lowest BCUT2D eigenvalue weighted by molar-refractivity contribution is -0.138. The van der Waals surface area contributed by atoms with Crippen molar-refractivity contribution in [2.24, 2.45) is 0 Å². The number of carbonyl (C=O) groups excluding carboxylic acids is 1. The molecule has 0 radical (unpaired) electrons. The predicted molar refractivity (Wildman–Crippen MR) is 97.4 cm³/mol. The van der Waals surface area contributed by atoms with Crippen LogP contribution in [0.3, 0.4) is 0 Å². The lowest BCUT2D eigenvalue weighted by atomic mass is 10.0. The monoisotopic (exact) mass is 419 g/mol. The summed E-state index contributed by atoms with van der Waals surface area (Å²) < 4.78 is 52.6. The molecule has 1 heterocycles. The molecule has 30 heavy (non-hydrogen) atoms. The Labute approximate surface area is 166 Å². The van der Waals surface area contributed by atoms with Gasteiger partial charge in [0.15, 0.2) is 5.60 Å². The average Bonchev–Trinajstić information content (AvgIpc) is 3.08. The van der Waals surface area contributed by atoms with Gasteiger partial charge in [0.1, 0.15) is 23.4 Å². The SMILES string of the molecule is C=C[C@](O)(Cn1nc2ccc(F)cc2n1)C(=O)Nc1ccc(C#N)c(C(F)(F)F)c1. The number of nitriles is 1. The van der Waals surface area contributed by atoms with Crippen LogP contribution in [0, 0.1) is 17.1 Å². The van der Waals surface area contributed by atoms with E-state index >= 15 is 0 Å². The lowest BCUT2D eigenvalue weighted by Gasteiger charge is -2.23. The van der Waals surface area contributed by atoms with Crippen LogP contribution in [-0.2, 0) is 17.5 Å². The number of benzene rings is 2. The van der Waals surface area contributed by atoms with Crippen molar-refractivity contribution in [3.63, 3.8) is 0 Å². The van der Waals surface area contributed by atoms with E-state index in [1.165, 1.54) is 12.1 Å². The van der Waals surface area contributed by atoms with Gasteiger partial charge in [0, 0.05) is 11.8 Å².